The summed E-state index contributed by atoms with van der Waals surface area (Å²) >= 11 is 0. The molecule has 7 nitrogen and oxygen atoms in total. The molecular weight excluding hydrogens is 328 g/mol. The number of piperazine rings is 1. The molecule has 1 saturated heterocycles. The fraction of sp³-hybridized carbons (Fsp3) is 0.438. The molecule has 130 valence electrons. The molecule has 1 aliphatic heterocycles. The number of carbonyl (C=O) groups is 1. The molecule has 2 heterocycles. The van der Waals surface area contributed by atoms with Crippen LogP contribution in [0.2, 0.25) is 0 Å². The average Bonchev–Trinajstić information content (AvgIpc) is 3.05. The summed E-state index contributed by atoms with van der Waals surface area (Å²) in [7, 11) is 0. The first-order valence-electron chi connectivity index (χ1n) is 7.96. The van der Waals surface area contributed by atoms with Crippen LogP contribution in [0.25, 0.3) is 0 Å². The van der Waals surface area contributed by atoms with Crippen LogP contribution in [0, 0.1) is 0 Å². The number of nitrogens with one attached hydrogen (secondary N) is 2. The molecule has 0 unspecified atom stereocenters. The SMILES string of the molecule is Cl.O=C(NCCN1CCNCC1)c1cn(Cc2ccccc2)nn1. The molecule has 0 saturated carbocycles. The second-order valence-electron chi connectivity index (χ2n) is 5.63. The minimum absolute atomic E-state index is 0. The van der Waals surface area contributed by atoms with Gasteiger partial charge in [-0.25, -0.2) is 4.68 Å². The van der Waals surface area contributed by atoms with E-state index in [2.05, 4.69) is 25.8 Å². The van der Waals surface area contributed by atoms with Crippen molar-refractivity contribution in [1.82, 2.24) is 30.5 Å². The van der Waals surface area contributed by atoms with Crippen LogP contribution in [-0.2, 0) is 6.54 Å². The Labute approximate surface area is 147 Å². The van der Waals surface area contributed by atoms with E-state index in [1.807, 2.05) is 30.3 Å². The Morgan fingerprint density at radius 3 is 2.71 bits per heavy atom. The van der Waals surface area contributed by atoms with E-state index in [4.69, 9.17) is 0 Å². The number of carbonyl (C=O) groups excluding carboxylic acids is 1. The van der Waals surface area contributed by atoms with Crippen molar-refractivity contribution in [2.45, 2.75) is 6.54 Å². The van der Waals surface area contributed by atoms with E-state index in [0.29, 0.717) is 18.8 Å². The third-order valence-corrected chi connectivity index (χ3v) is 3.88. The molecule has 2 N–H and O–H groups in total. The van der Waals surface area contributed by atoms with E-state index in [1.165, 1.54) is 0 Å². The van der Waals surface area contributed by atoms with Crippen LogP contribution in [0.1, 0.15) is 16.1 Å². The van der Waals surface area contributed by atoms with Gasteiger partial charge in [-0.05, 0) is 5.56 Å². The first-order valence-corrected chi connectivity index (χ1v) is 7.96. The lowest BCUT2D eigenvalue weighted by Crippen LogP contribution is -2.46. The lowest BCUT2D eigenvalue weighted by Gasteiger charge is -2.26. The fourth-order valence-corrected chi connectivity index (χ4v) is 2.60. The molecule has 0 aliphatic carbocycles. The monoisotopic (exact) mass is 350 g/mol. The van der Waals surface area contributed by atoms with Crippen LogP contribution in [0.4, 0.5) is 0 Å². The maximum absolute atomic E-state index is 12.1. The van der Waals surface area contributed by atoms with Gasteiger partial charge in [-0.1, -0.05) is 35.5 Å². The van der Waals surface area contributed by atoms with Crippen LogP contribution in [-0.4, -0.2) is 65.1 Å². The maximum atomic E-state index is 12.1. The Kier molecular flexibility index (Phi) is 7.17. The summed E-state index contributed by atoms with van der Waals surface area (Å²) in [5.74, 6) is -0.167. The first-order chi connectivity index (χ1) is 11.3. The first kappa shape index (κ1) is 18.4. The minimum atomic E-state index is -0.167. The Hall–Kier alpha value is -1.96. The van der Waals surface area contributed by atoms with Gasteiger partial charge in [0, 0.05) is 39.3 Å². The van der Waals surface area contributed by atoms with Gasteiger partial charge in [0.15, 0.2) is 5.69 Å². The lowest BCUT2D eigenvalue weighted by molar-refractivity contribution is 0.0942. The van der Waals surface area contributed by atoms with Gasteiger partial charge in [0.1, 0.15) is 0 Å². The van der Waals surface area contributed by atoms with E-state index in [9.17, 15) is 4.79 Å². The third kappa shape index (κ3) is 5.30. The molecule has 0 spiro atoms. The second-order valence-corrected chi connectivity index (χ2v) is 5.63. The van der Waals surface area contributed by atoms with Crippen molar-refractivity contribution in [1.29, 1.82) is 0 Å². The molecular formula is C16H23ClN6O. The van der Waals surface area contributed by atoms with Crippen LogP contribution in [0.5, 0.6) is 0 Å². The molecule has 1 amide bonds. The van der Waals surface area contributed by atoms with Crippen molar-refractivity contribution in [3.63, 3.8) is 0 Å². The van der Waals surface area contributed by atoms with Crippen LogP contribution < -0.4 is 10.6 Å². The Morgan fingerprint density at radius 1 is 1.21 bits per heavy atom. The smallest absolute Gasteiger partial charge is 0.273 e. The number of hydrogen-bond donors (Lipinski definition) is 2. The number of aromatic nitrogens is 3. The predicted octanol–water partition coefficient (Wildman–Crippen LogP) is 0.383. The number of halogens is 1. The highest BCUT2D eigenvalue weighted by Gasteiger charge is 2.12. The molecule has 1 fully saturated rings. The van der Waals surface area contributed by atoms with Crippen molar-refractivity contribution in [2.75, 3.05) is 39.3 Å². The van der Waals surface area contributed by atoms with E-state index in [-0.39, 0.29) is 18.3 Å². The lowest BCUT2D eigenvalue weighted by atomic mass is 10.2. The normalized spacial score (nSPS) is 14.8. The van der Waals surface area contributed by atoms with Crippen molar-refractivity contribution in [3.05, 3.63) is 47.8 Å². The van der Waals surface area contributed by atoms with Gasteiger partial charge < -0.3 is 10.6 Å². The zero-order valence-electron chi connectivity index (χ0n) is 13.5. The summed E-state index contributed by atoms with van der Waals surface area (Å²) < 4.78 is 1.68. The number of amides is 1. The summed E-state index contributed by atoms with van der Waals surface area (Å²) in [4.78, 5) is 14.4. The number of benzene rings is 1. The van der Waals surface area contributed by atoms with E-state index < -0.39 is 0 Å². The van der Waals surface area contributed by atoms with Gasteiger partial charge in [-0.2, -0.15) is 0 Å². The highest BCUT2D eigenvalue weighted by molar-refractivity contribution is 5.91. The summed E-state index contributed by atoms with van der Waals surface area (Å²) in [6.45, 7) is 6.20. The fourth-order valence-electron chi connectivity index (χ4n) is 2.60. The standard InChI is InChI=1S/C16H22N6O.ClH/c23-16(18-8-11-21-9-6-17-7-10-21)15-13-22(20-19-15)12-14-4-2-1-3-5-14;/h1-5,13,17H,6-12H2,(H,18,23);1H. The summed E-state index contributed by atoms with van der Waals surface area (Å²) in [5.41, 5.74) is 1.49. The molecule has 1 aromatic carbocycles. The topological polar surface area (TPSA) is 75.1 Å². The molecule has 1 aromatic heterocycles. The Balaban J connectivity index is 0.00000208. The number of nitrogens with zero attached hydrogens (tertiary/aromatic N) is 4. The zero-order valence-corrected chi connectivity index (χ0v) is 14.3. The van der Waals surface area contributed by atoms with Crippen LogP contribution in [0.15, 0.2) is 36.5 Å². The molecule has 2 aromatic rings. The summed E-state index contributed by atoms with van der Waals surface area (Å²) in [6, 6.07) is 9.98. The highest BCUT2D eigenvalue weighted by atomic mass is 35.5. The van der Waals surface area contributed by atoms with Crippen molar-refractivity contribution in [2.24, 2.45) is 0 Å². The summed E-state index contributed by atoms with van der Waals surface area (Å²) in [6.07, 6.45) is 1.69. The quantitative estimate of drug-likeness (QED) is 0.788. The minimum Gasteiger partial charge on any atom is -0.349 e. The third-order valence-electron chi connectivity index (χ3n) is 3.88. The highest BCUT2D eigenvalue weighted by Crippen LogP contribution is 2.02. The largest absolute Gasteiger partial charge is 0.349 e. The van der Waals surface area contributed by atoms with Crippen LogP contribution in [0.3, 0.4) is 0 Å². The Morgan fingerprint density at radius 2 is 1.96 bits per heavy atom. The average molecular weight is 351 g/mol. The van der Waals surface area contributed by atoms with Crippen molar-refractivity contribution >= 4 is 18.3 Å². The van der Waals surface area contributed by atoms with Gasteiger partial charge in [0.25, 0.3) is 5.91 Å². The molecule has 24 heavy (non-hydrogen) atoms. The zero-order chi connectivity index (χ0) is 15.9. The van der Waals surface area contributed by atoms with Crippen molar-refractivity contribution < 1.29 is 4.79 Å². The Bertz CT molecular complexity index is 627. The van der Waals surface area contributed by atoms with E-state index >= 15 is 0 Å². The van der Waals surface area contributed by atoms with Gasteiger partial charge in [0.2, 0.25) is 0 Å². The molecule has 0 atom stereocenters. The van der Waals surface area contributed by atoms with Gasteiger partial charge in [-0.15, -0.1) is 17.5 Å². The number of hydrogen-bond acceptors (Lipinski definition) is 5. The van der Waals surface area contributed by atoms with Gasteiger partial charge >= 0.3 is 0 Å². The molecule has 1 aliphatic rings. The predicted molar refractivity (Wildman–Crippen MR) is 94.5 cm³/mol. The second kappa shape index (κ2) is 9.36. The summed E-state index contributed by atoms with van der Waals surface area (Å²) in [5, 5.41) is 14.2. The van der Waals surface area contributed by atoms with Gasteiger partial charge in [-0.3, -0.25) is 9.69 Å². The molecule has 0 radical (unpaired) electrons. The van der Waals surface area contributed by atoms with Gasteiger partial charge in [0.05, 0.1) is 12.7 Å². The maximum Gasteiger partial charge on any atom is 0.273 e. The number of rotatable bonds is 6. The van der Waals surface area contributed by atoms with E-state index in [0.717, 1.165) is 38.3 Å². The van der Waals surface area contributed by atoms with E-state index in [1.54, 1.807) is 10.9 Å². The molecule has 8 heteroatoms. The van der Waals surface area contributed by atoms with Crippen molar-refractivity contribution in [3.8, 4) is 0 Å². The van der Waals surface area contributed by atoms with Crippen LogP contribution >= 0.6 is 12.4 Å². The molecule has 3 rings (SSSR count). The molecule has 0 bridgehead atoms.